The topological polar surface area (TPSA) is 78.9 Å². The van der Waals surface area contributed by atoms with Crippen LogP contribution in [0, 0.1) is 0 Å². The van der Waals surface area contributed by atoms with Crippen LogP contribution in [0.1, 0.15) is 278 Å². The highest BCUT2D eigenvalue weighted by Gasteiger charge is 2.19. The summed E-state index contributed by atoms with van der Waals surface area (Å²) in [5.74, 6) is -0.949. The molecule has 0 amide bonds. The Kier molecular flexibility index (Phi) is 60.4. The van der Waals surface area contributed by atoms with E-state index in [4.69, 9.17) is 14.2 Å². The minimum atomic E-state index is -0.802. The number of ether oxygens (including phenoxy) is 3. The van der Waals surface area contributed by atoms with Gasteiger partial charge in [-0.1, -0.05) is 270 Å². The fourth-order valence-corrected chi connectivity index (χ4v) is 8.41. The van der Waals surface area contributed by atoms with Crippen molar-refractivity contribution in [3.63, 3.8) is 0 Å². The first-order chi connectivity index (χ1) is 38.0. The van der Waals surface area contributed by atoms with Crippen LogP contribution in [0.25, 0.3) is 0 Å². The lowest BCUT2D eigenvalue weighted by Gasteiger charge is -2.18. The van der Waals surface area contributed by atoms with E-state index < -0.39 is 6.10 Å². The summed E-state index contributed by atoms with van der Waals surface area (Å²) in [6.07, 6.45) is 90.3. The van der Waals surface area contributed by atoms with E-state index in [0.29, 0.717) is 25.7 Å². The zero-order chi connectivity index (χ0) is 55.7. The molecular formula is C71H116O6. The Morgan fingerprint density at radius 1 is 0.273 bits per heavy atom. The minimum absolute atomic E-state index is 0.0956. The molecule has 0 aliphatic carbocycles. The van der Waals surface area contributed by atoms with Crippen molar-refractivity contribution >= 4 is 17.9 Å². The van der Waals surface area contributed by atoms with Crippen LogP contribution in [0.4, 0.5) is 0 Å². The van der Waals surface area contributed by atoms with Gasteiger partial charge in [-0.3, -0.25) is 14.4 Å². The molecule has 0 aliphatic rings. The Bertz CT molecular complexity index is 1650. The normalized spacial score (nSPS) is 13.0. The fourth-order valence-electron chi connectivity index (χ4n) is 8.41. The van der Waals surface area contributed by atoms with Crippen molar-refractivity contribution in [1.82, 2.24) is 0 Å². The second-order valence-electron chi connectivity index (χ2n) is 20.6. The summed E-state index contributed by atoms with van der Waals surface area (Å²) in [7, 11) is 0. The molecule has 77 heavy (non-hydrogen) atoms. The molecule has 0 bridgehead atoms. The number of hydrogen-bond donors (Lipinski definition) is 0. The second kappa shape index (κ2) is 64.1. The molecule has 0 saturated heterocycles. The average molecular weight is 1070 g/mol. The first-order valence-corrected chi connectivity index (χ1v) is 31.7. The minimum Gasteiger partial charge on any atom is -0.462 e. The maximum absolute atomic E-state index is 12.8. The van der Waals surface area contributed by atoms with Crippen molar-refractivity contribution in [1.29, 1.82) is 0 Å². The second-order valence-corrected chi connectivity index (χ2v) is 20.6. The van der Waals surface area contributed by atoms with Crippen LogP contribution in [-0.4, -0.2) is 37.2 Å². The van der Waals surface area contributed by atoms with E-state index in [1.807, 2.05) is 0 Å². The van der Waals surface area contributed by atoms with Gasteiger partial charge in [-0.2, -0.15) is 0 Å². The Morgan fingerprint density at radius 3 is 0.844 bits per heavy atom. The van der Waals surface area contributed by atoms with Crippen LogP contribution in [0.5, 0.6) is 0 Å². The molecule has 0 radical (unpaired) electrons. The molecule has 1 unspecified atom stereocenters. The number of carbonyl (C=O) groups excluding carboxylic acids is 3. The van der Waals surface area contributed by atoms with E-state index in [-0.39, 0.29) is 31.1 Å². The van der Waals surface area contributed by atoms with Crippen molar-refractivity contribution in [3.05, 3.63) is 134 Å². The Hall–Kier alpha value is -4.45. The number of unbranched alkanes of at least 4 members (excludes halogenated alkanes) is 23. The van der Waals surface area contributed by atoms with Crippen molar-refractivity contribution < 1.29 is 28.6 Å². The highest BCUT2D eigenvalue weighted by atomic mass is 16.6. The van der Waals surface area contributed by atoms with Crippen LogP contribution >= 0.6 is 0 Å². The summed E-state index contributed by atoms with van der Waals surface area (Å²) in [6, 6.07) is 0. The zero-order valence-corrected chi connectivity index (χ0v) is 49.9. The molecule has 0 heterocycles. The van der Waals surface area contributed by atoms with Gasteiger partial charge < -0.3 is 14.2 Å². The van der Waals surface area contributed by atoms with Gasteiger partial charge in [0.15, 0.2) is 6.10 Å². The van der Waals surface area contributed by atoms with Gasteiger partial charge in [0.25, 0.3) is 0 Å². The van der Waals surface area contributed by atoms with Gasteiger partial charge in [-0.25, -0.2) is 0 Å². The molecule has 0 rings (SSSR count). The molecule has 0 saturated carbocycles. The fraction of sp³-hybridized carbons (Fsp3) is 0.648. The predicted octanol–water partition coefficient (Wildman–Crippen LogP) is 21.8. The van der Waals surface area contributed by atoms with E-state index >= 15 is 0 Å². The lowest BCUT2D eigenvalue weighted by molar-refractivity contribution is -0.167. The Labute approximate surface area is 475 Å². The maximum Gasteiger partial charge on any atom is 0.306 e. The zero-order valence-electron chi connectivity index (χ0n) is 49.9. The summed E-state index contributed by atoms with van der Waals surface area (Å²) in [5, 5.41) is 0. The SMILES string of the molecule is CC/C=C\C/C=C\C/C=C\C/C=C\C/C=C\C/C=C\C/C=C\C/C=C\C/C=C\C/C=C\CCCCC(=O)OCC(COC(=O)CCCCCCCCCCCCCCC)OC(=O)CCCCCCC/C=C\CCCCCC. The van der Waals surface area contributed by atoms with Gasteiger partial charge >= 0.3 is 17.9 Å². The number of rotatable bonds is 56. The number of carbonyl (C=O) groups is 3. The van der Waals surface area contributed by atoms with Crippen LogP contribution in [0.2, 0.25) is 0 Å². The summed E-state index contributed by atoms with van der Waals surface area (Å²) in [4.78, 5) is 38.2. The van der Waals surface area contributed by atoms with Gasteiger partial charge in [0.1, 0.15) is 13.2 Å². The van der Waals surface area contributed by atoms with Gasteiger partial charge in [0, 0.05) is 19.3 Å². The monoisotopic (exact) mass is 1060 g/mol. The van der Waals surface area contributed by atoms with E-state index in [2.05, 4.69) is 154 Å². The van der Waals surface area contributed by atoms with Crippen LogP contribution in [0.15, 0.2) is 134 Å². The largest absolute Gasteiger partial charge is 0.462 e. The maximum atomic E-state index is 12.8. The number of esters is 3. The molecule has 436 valence electrons. The predicted molar refractivity (Wildman–Crippen MR) is 334 cm³/mol. The van der Waals surface area contributed by atoms with Crippen molar-refractivity contribution in [2.45, 2.75) is 284 Å². The summed E-state index contributed by atoms with van der Waals surface area (Å²) >= 11 is 0. The lowest BCUT2D eigenvalue weighted by atomic mass is 10.0. The van der Waals surface area contributed by atoms with Crippen LogP contribution in [-0.2, 0) is 28.6 Å². The summed E-state index contributed by atoms with van der Waals surface area (Å²) < 4.78 is 16.8. The van der Waals surface area contributed by atoms with Crippen molar-refractivity contribution in [2.24, 2.45) is 0 Å². The van der Waals surface area contributed by atoms with E-state index in [0.717, 1.165) is 128 Å². The molecule has 6 heteroatoms. The standard InChI is InChI=1S/C71H116O6/c1-4-7-10-13-16-19-22-25-26-27-28-29-30-31-32-33-34-35-36-37-38-39-40-41-42-43-44-47-49-52-55-58-61-64-70(73)76-67-68(77-71(74)65-62-59-56-53-50-46-24-21-18-15-12-9-6-3)66-75-69(72)63-60-57-54-51-48-45-23-20-17-14-11-8-5-2/h7,10,16,19,21,24-26,28-29,31-32,34-35,37-38,40-41,43-44,49,52,68H,4-6,8-9,11-15,17-18,20,22-23,27,30,33,36,39,42,45-48,50-51,53-67H2,1-3H3/b10-7-,19-16-,24-21-,26-25-,29-28-,32-31-,35-34-,38-37-,41-40-,44-43-,52-49-. The van der Waals surface area contributed by atoms with Crippen molar-refractivity contribution in [2.75, 3.05) is 13.2 Å². The number of hydrogen-bond acceptors (Lipinski definition) is 6. The van der Waals surface area contributed by atoms with Crippen LogP contribution in [0.3, 0.4) is 0 Å². The van der Waals surface area contributed by atoms with E-state index in [9.17, 15) is 14.4 Å². The molecule has 1 atom stereocenters. The highest BCUT2D eigenvalue weighted by Crippen LogP contribution is 2.15. The van der Waals surface area contributed by atoms with E-state index in [1.165, 1.54) is 103 Å². The van der Waals surface area contributed by atoms with Gasteiger partial charge in [0.2, 0.25) is 0 Å². The molecule has 0 aliphatic heterocycles. The average Bonchev–Trinajstić information content (AvgIpc) is 3.43. The van der Waals surface area contributed by atoms with Gasteiger partial charge in [-0.15, -0.1) is 0 Å². The molecule has 0 N–H and O–H groups in total. The first kappa shape index (κ1) is 72.5. The van der Waals surface area contributed by atoms with Crippen LogP contribution < -0.4 is 0 Å². The molecule has 0 spiro atoms. The summed E-state index contributed by atoms with van der Waals surface area (Å²) in [6.45, 7) is 6.47. The third-order valence-corrected chi connectivity index (χ3v) is 13.1. The van der Waals surface area contributed by atoms with Gasteiger partial charge in [0.05, 0.1) is 0 Å². The number of allylic oxidation sites excluding steroid dienone is 22. The first-order valence-electron chi connectivity index (χ1n) is 31.7. The van der Waals surface area contributed by atoms with Gasteiger partial charge in [-0.05, 0) is 122 Å². The molecule has 0 aromatic carbocycles. The third kappa shape index (κ3) is 62.3. The quantitative estimate of drug-likeness (QED) is 0.0261. The van der Waals surface area contributed by atoms with Crippen molar-refractivity contribution in [3.8, 4) is 0 Å². The lowest BCUT2D eigenvalue weighted by Crippen LogP contribution is -2.30. The Balaban J connectivity index is 4.35. The third-order valence-electron chi connectivity index (χ3n) is 13.1. The molecule has 0 fully saturated rings. The smallest absolute Gasteiger partial charge is 0.306 e. The summed E-state index contributed by atoms with van der Waals surface area (Å²) in [5.41, 5.74) is 0. The molecular weight excluding hydrogens is 949 g/mol. The molecule has 6 nitrogen and oxygen atoms in total. The highest BCUT2D eigenvalue weighted by molar-refractivity contribution is 5.71. The van der Waals surface area contributed by atoms with E-state index in [1.54, 1.807) is 0 Å². The Morgan fingerprint density at radius 2 is 0.506 bits per heavy atom. The molecule has 0 aromatic heterocycles. The molecule has 0 aromatic rings.